The van der Waals surface area contributed by atoms with Gasteiger partial charge in [-0.2, -0.15) is 0 Å². The normalized spacial score (nSPS) is 10.1. The van der Waals surface area contributed by atoms with Crippen LogP contribution >= 0.6 is 0 Å². The van der Waals surface area contributed by atoms with E-state index in [0.717, 1.165) is 11.3 Å². The number of ether oxygens (including phenoxy) is 2. The second-order valence-electron chi connectivity index (χ2n) is 4.88. The van der Waals surface area contributed by atoms with Crippen LogP contribution in [-0.2, 0) is 0 Å². The van der Waals surface area contributed by atoms with E-state index < -0.39 is 0 Å². The van der Waals surface area contributed by atoms with Gasteiger partial charge in [0.1, 0.15) is 11.5 Å². The van der Waals surface area contributed by atoms with Gasteiger partial charge in [0.05, 0.1) is 13.2 Å². The molecule has 2 rings (SSSR count). The molecule has 0 aromatic heterocycles. The molecule has 0 spiro atoms. The molecule has 0 aliphatic rings. The lowest BCUT2D eigenvalue weighted by Crippen LogP contribution is -2.12. The highest BCUT2D eigenvalue weighted by molar-refractivity contribution is 6.04. The Bertz CT molecular complexity index is 611. The quantitative estimate of drug-likeness (QED) is 0.875. The van der Waals surface area contributed by atoms with Gasteiger partial charge in [0.25, 0.3) is 5.91 Å². The topological polar surface area (TPSA) is 47.6 Å². The van der Waals surface area contributed by atoms with Gasteiger partial charge < -0.3 is 14.8 Å². The van der Waals surface area contributed by atoms with E-state index in [0.29, 0.717) is 30.3 Å². The molecule has 4 heteroatoms. The molecule has 0 bridgehead atoms. The highest BCUT2D eigenvalue weighted by atomic mass is 16.5. The Hall–Kier alpha value is -2.49. The summed E-state index contributed by atoms with van der Waals surface area (Å²) in [6.07, 6.45) is 0. The number of amides is 1. The molecule has 1 N–H and O–H groups in total. The first-order chi connectivity index (χ1) is 10.6. The van der Waals surface area contributed by atoms with Crippen LogP contribution in [0.2, 0.25) is 0 Å². The van der Waals surface area contributed by atoms with E-state index in [1.54, 1.807) is 18.2 Å². The Morgan fingerprint density at radius 2 is 1.50 bits per heavy atom. The standard InChI is InChI=1S/C18H21NO3/c1-4-21-16-10-14(11-17(12-16)22-5-2)18(20)19-15-8-6-13(3)7-9-15/h6-12H,4-5H2,1-3H3,(H,19,20). The largest absolute Gasteiger partial charge is 0.494 e. The summed E-state index contributed by atoms with van der Waals surface area (Å²) in [4.78, 5) is 12.4. The maximum Gasteiger partial charge on any atom is 0.255 e. The third kappa shape index (κ3) is 4.25. The van der Waals surface area contributed by atoms with Crippen molar-refractivity contribution in [3.05, 3.63) is 53.6 Å². The summed E-state index contributed by atoms with van der Waals surface area (Å²) in [6.45, 7) is 6.88. The number of aryl methyl sites for hydroxylation is 1. The average molecular weight is 299 g/mol. The molecular weight excluding hydrogens is 278 g/mol. The van der Waals surface area contributed by atoms with Gasteiger partial charge in [0, 0.05) is 17.3 Å². The zero-order chi connectivity index (χ0) is 15.9. The first-order valence-electron chi connectivity index (χ1n) is 7.41. The molecule has 1 amide bonds. The fraction of sp³-hybridized carbons (Fsp3) is 0.278. The summed E-state index contributed by atoms with van der Waals surface area (Å²) >= 11 is 0. The van der Waals surface area contributed by atoms with E-state index >= 15 is 0 Å². The molecule has 2 aromatic rings. The smallest absolute Gasteiger partial charge is 0.255 e. The average Bonchev–Trinajstić information content (AvgIpc) is 2.50. The third-order valence-electron chi connectivity index (χ3n) is 3.07. The molecule has 22 heavy (non-hydrogen) atoms. The van der Waals surface area contributed by atoms with Crippen molar-refractivity contribution in [1.82, 2.24) is 0 Å². The lowest BCUT2D eigenvalue weighted by molar-refractivity contribution is 0.102. The van der Waals surface area contributed by atoms with E-state index in [4.69, 9.17) is 9.47 Å². The van der Waals surface area contributed by atoms with Gasteiger partial charge in [-0.1, -0.05) is 17.7 Å². The van der Waals surface area contributed by atoms with Crippen molar-refractivity contribution in [1.29, 1.82) is 0 Å². The van der Waals surface area contributed by atoms with Crippen LogP contribution in [0.4, 0.5) is 5.69 Å². The van der Waals surface area contributed by atoms with Crippen LogP contribution in [-0.4, -0.2) is 19.1 Å². The molecule has 4 nitrogen and oxygen atoms in total. The molecule has 0 saturated heterocycles. The molecule has 0 unspecified atom stereocenters. The van der Waals surface area contributed by atoms with E-state index in [1.165, 1.54) is 0 Å². The van der Waals surface area contributed by atoms with Crippen molar-refractivity contribution < 1.29 is 14.3 Å². The van der Waals surface area contributed by atoms with Crippen LogP contribution in [0, 0.1) is 6.92 Å². The van der Waals surface area contributed by atoms with E-state index in [9.17, 15) is 4.79 Å². The first kappa shape index (κ1) is 15.9. The van der Waals surface area contributed by atoms with Crippen molar-refractivity contribution in [3.63, 3.8) is 0 Å². The van der Waals surface area contributed by atoms with Gasteiger partial charge in [-0.05, 0) is 45.0 Å². The van der Waals surface area contributed by atoms with Crippen LogP contribution in [0.25, 0.3) is 0 Å². The number of carbonyl (C=O) groups is 1. The molecule has 0 atom stereocenters. The summed E-state index contributed by atoms with van der Waals surface area (Å²) in [7, 11) is 0. The summed E-state index contributed by atoms with van der Waals surface area (Å²) in [5.74, 6) is 1.07. The number of hydrogen-bond donors (Lipinski definition) is 1. The van der Waals surface area contributed by atoms with Crippen LogP contribution in [0.5, 0.6) is 11.5 Å². The van der Waals surface area contributed by atoms with Gasteiger partial charge in [0.2, 0.25) is 0 Å². The minimum atomic E-state index is -0.189. The molecule has 0 aliphatic heterocycles. The number of nitrogens with one attached hydrogen (secondary N) is 1. The van der Waals surface area contributed by atoms with Crippen LogP contribution < -0.4 is 14.8 Å². The summed E-state index contributed by atoms with van der Waals surface area (Å²) in [6, 6.07) is 12.9. The number of hydrogen-bond acceptors (Lipinski definition) is 3. The third-order valence-corrected chi connectivity index (χ3v) is 3.07. The Morgan fingerprint density at radius 3 is 2.00 bits per heavy atom. The van der Waals surface area contributed by atoms with Gasteiger partial charge in [0.15, 0.2) is 0 Å². The molecule has 0 saturated carbocycles. The summed E-state index contributed by atoms with van der Waals surface area (Å²) in [5, 5.41) is 2.87. The lowest BCUT2D eigenvalue weighted by Gasteiger charge is -2.11. The zero-order valence-corrected chi connectivity index (χ0v) is 13.2. The summed E-state index contributed by atoms with van der Waals surface area (Å²) < 4.78 is 11.0. The zero-order valence-electron chi connectivity index (χ0n) is 13.2. The Labute approximate surface area is 131 Å². The number of benzene rings is 2. The second-order valence-corrected chi connectivity index (χ2v) is 4.88. The minimum Gasteiger partial charge on any atom is -0.494 e. The van der Waals surface area contributed by atoms with Crippen molar-refractivity contribution >= 4 is 11.6 Å². The highest BCUT2D eigenvalue weighted by Crippen LogP contribution is 2.24. The van der Waals surface area contributed by atoms with Crippen molar-refractivity contribution in [2.45, 2.75) is 20.8 Å². The molecule has 2 aromatic carbocycles. The van der Waals surface area contributed by atoms with Crippen LogP contribution in [0.1, 0.15) is 29.8 Å². The second kappa shape index (κ2) is 7.50. The van der Waals surface area contributed by atoms with Gasteiger partial charge in [-0.15, -0.1) is 0 Å². The molecule has 0 heterocycles. The Balaban J connectivity index is 2.21. The summed E-state index contributed by atoms with van der Waals surface area (Å²) in [5.41, 5.74) is 2.42. The minimum absolute atomic E-state index is 0.189. The van der Waals surface area contributed by atoms with Crippen molar-refractivity contribution in [2.75, 3.05) is 18.5 Å². The maximum atomic E-state index is 12.4. The molecule has 116 valence electrons. The fourth-order valence-electron chi connectivity index (χ4n) is 2.04. The number of anilines is 1. The maximum absolute atomic E-state index is 12.4. The predicted octanol–water partition coefficient (Wildman–Crippen LogP) is 4.04. The van der Waals surface area contributed by atoms with Gasteiger partial charge in [-0.3, -0.25) is 4.79 Å². The highest BCUT2D eigenvalue weighted by Gasteiger charge is 2.10. The lowest BCUT2D eigenvalue weighted by atomic mass is 10.1. The molecule has 0 radical (unpaired) electrons. The fourth-order valence-corrected chi connectivity index (χ4v) is 2.04. The van der Waals surface area contributed by atoms with Crippen LogP contribution in [0.3, 0.4) is 0 Å². The Kier molecular flexibility index (Phi) is 5.42. The first-order valence-corrected chi connectivity index (χ1v) is 7.41. The van der Waals surface area contributed by atoms with E-state index in [-0.39, 0.29) is 5.91 Å². The number of rotatable bonds is 6. The van der Waals surface area contributed by atoms with E-state index in [1.807, 2.05) is 45.0 Å². The van der Waals surface area contributed by atoms with Crippen LogP contribution in [0.15, 0.2) is 42.5 Å². The molecule has 0 fully saturated rings. The van der Waals surface area contributed by atoms with Crippen molar-refractivity contribution in [2.24, 2.45) is 0 Å². The Morgan fingerprint density at radius 1 is 0.955 bits per heavy atom. The monoisotopic (exact) mass is 299 g/mol. The van der Waals surface area contributed by atoms with Crippen molar-refractivity contribution in [3.8, 4) is 11.5 Å². The van der Waals surface area contributed by atoms with Gasteiger partial charge in [-0.25, -0.2) is 0 Å². The SMILES string of the molecule is CCOc1cc(OCC)cc(C(=O)Nc2ccc(C)cc2)c1. The predicted molar refractivity (Wildman–Crippen MR) is 87.9 cm³/mol. The number of carbonyl (C=O) groups excluding carboxylic acids is 1. The van der Waals surface area contributed by atoms with Gasteiger partial charge >= 0.3 is 0 Å². The molecule has 0 aliphatic carbocycles. The molecular formula is C18H21NO3. The van der Waals surface area contributed by atoms with E-state index in [2.05, 4.69) is 5.32 Å².